The van der Waals surface area contributed by atoms with Crippen LogP contribution in [0.3, 0.4) is 0 Å². The molecule has 11 heteroatoms. The molecular weight excluding hydrogens is 543 g/mol. The van der Waals surface area contributed by atoms with Crippen molar-refractivity contribution in [2.45, 2.75) is 61.4 Å². The Hall–Kier alpha value is -2.58. The van der Waals surface area contributed by atoms with Crippen molar-refractivity contribution in [3.05, 3.63) is 58.4 Å². The number of amides is 1. The van der Waals surface area contributed by atoms with Gasteiger partial charge in [0, 0.05) is 35.2 Å². The largest absolute Gasteiger partial charge is 0.378 e. The van der Waals surface area contributed by atoms with Gasteiger partial charge in [-0.25, -0.2) is 21.6 Å². The number of anilines is 1. The molecule has 5 atom stereocenters. The van der Waals surface area contributed by atoms with E-state index in [1.165, 1.54) is 26.0 Å². The number of carbonyl (C=O) groups is 1. The summed E-state index contributed by atoms with van der Waals surface area (Å²) >= 11 is 6.25. The van der Waals surface area contributed by atoms with Crippen molar-refractivity contribution in [3.63, 3.8) is 0 Å². The summed E-state index contributed by atoms with van der Waals surface area (Å²) in [6.07, 6.45) is 0.785. The van der Waals surface area contributed by atoms with E-state index in [9.17, 15) is 36.6 Å². The second kappa shape index (κ2) is 9.87. The first kappa shape index (κ1) is 28.4. The molecule has 0 heterocycles. The molecule has 38 heavy (non-hydrogen) atoms. The second-order valence-electron chi connectivity index (χ2n) is 10.6. The molecule has 2 fully saturated rings. The fourth-order valence-corrected chi connectivity index (χ4v) is 7.86. The minimum absolute atomic E-state index is 0.00890. The van der Waals surface area contributed by atoms with Crippen LogP contribution in [0.2, 0.25) is 5.02 Å². The van der Waals surface area contributed by atoms with E-state index in [0.717, 1.165) is 6.07 Å². The highest BCUT2D eigenvalue weighted by Gasteiger charge is 2.58. The Morgan fingerprint density at radius 3 is 2.34 bits per heavy atom. The van der Waals surface area contributed by atoms with Gasteiger partial charge in [0.1, 0.15) is 11.2 Å². The normalized spacial score (nSPS) is 27.0. The number of benzene rings is 2. The van der Waals surface area contributed by atoms with E-state index in [1.807, 2.05) is 6.92 Å². The summed E-state index contributed by atoms with van der Waals surface area (Å²) in [5.41, 5.74) is -3.24. The van der Waals surface area contributed by atoms with E-state index in [0.29, 0.717) is 18.6 Å². The van der Waals surface area contributed by atoms with Gasteiger partial charge >= 0.3 is 0 Å². The van der Waals surface area contributed by atoms with Crippen LogP contribution in [0, 0.1) is 47.0 Å². The van der Waals surface area contributed by atoms with Gasteiger partial charge in [0.15, 0.2) is 27.3 Å². The van der Waals surface area contributed by atoms with Gasteiger partial charge in [0.05, 0.1) is 15.2 Å². The standard InChI is InChI=1S/C27H27ClF3NO5S/c1-14-8-16-10-18(13-19(14)27(16,35)7-6-26(2,3)34)38(36,37)23-9-15(4-5-20(23)28)25(33)32-17-11-21(29)24(31)22(30)12-17/h4-5,9,11-12,14,16,18-19,34-35H,8,10,13H2,1-3H3,(H,32,33)/t14-,16?,18+,19?,27+/m0/s1. The van der Waals surface area contributed by atoms with E-state index in [-0.39, 0.29) is 39.9 Å². The predicted octanol–water partition coefficient (Wildman–Crippen LogP) is 4.72. The molecule has 0 radical (unpaired) electrons. The number of rotatable bonds is 4. The molecule has 2 unspecified atom stereocenters. The number of aliphatic hydroxyl groups is 2. The van der Waals surface area contributed by atoms with Crippen LogP contribution in [0.4, 0.5) is 18.9 Å². The average molecular weight is 570 g/mol. The third-order valence-corrected chi connectivity index (χ3v) is 10.00. The van der Waals surface area contributed by atoms with Crippen molar-refractivity contribution in [3.8, 4) is 11.8 Å². The number of halogens is 4. The van der Waals surface area contributed by atoms with Crippen molar-refractivity contribution in [2.24, 2.45) is 17.8 Å². The van der Waals surface area contributed by atoms with Crippen molar-refractivity contribution in [1.29, 1.82) is 0 Å². The van der Waals surface area contributed by atoms with E-state index in [4.69, 9.17) is 11.6 Å². The molecular formula is C27H27ClF3NO5S. The molecule has 2 saturated carbocycles. The fraction of sp³-hybridized carbons (Fsp3) is 0.444. The smallest absolute Gasteiger partial charge is 0.255 e. The number of hydrogen-bond donors (Lipinski definition) is 3. The first-order valence-corrected chi connectivity index (χ1v) is 13.9. The summed E-state index contributed by atoms with van der Waals surface area (Å²) in [5.74, 6) is -0.967. The lowest BCUT2D eigenvalue weighted by Crippen LogP contribution is -2.48. The summed E-state index contributed by atoms with van der Waals surface area (Å²) in [5, 5.41) is 22.6. The molecule has 0 spiro atoms. The van der Waals surface area contributed by atoms with Crippen LogP contribution in [0.5, 0.6) is 0 Å². The molecule has 2 aromatic carbocycles. The third-order valence-electron chi connectivity index (χ3n) is 7.34. The number of sulfone groups is 1. The van der Waals surface area contributed by atoms with Gasteiger partial charge in [0.25, 0.3) is 5.91 Å². The first-order valence-electron chi connectivity index (χ1n) is 12.0. The van der Waals surface area contributed by atoms with Crippen molar-refractivity contribution < 1.29 is 36.6 Å². The fourth-order valence-electron chi connectivity index (χ4n) is 5.49. The van der Waals surface area contributed by atoms with E-state index in [2.05, 4.69) is 17.2 Å². The Morgan fingerprint density at radius 2 is 1.76 bits per heavy atom. The van der Waals surface area contributed by atoms with Gasteiger partial charge in [-0.2, -0.15) is 0 Å². The van der Waals surface area contributed by atoms with Gasteiger partial charge in [0.2, 0.25) is 0 Å². The number of hydrogen-bond acceptors (Lipinski definition) is 5. The molecule has 2 aromatic rings. The molecule has 1 amide bonds. The van der Waals surface area contributed by atoms with Crippen LogP contribution in [0.1, 0.15) is 50.4 Å². The third kappa shape index (κ3) is 5.30. The van der Waals surface area contributed by atoms with Gasteiger partial charge in [-0.1, -0.05) is 30.4 Å². The lowest BCUT2D eigenvalue weighted by Gasteiger charge is -2.40. The summed E-state index contributed by atoms with van der Waals surface area (Å²) in [7, 11) is -4.07. The lowest BCUT2D eigenvalue weighted by atomic mass is 9.73. The molecule has 2 aliphatic rings. The zero-order valence-corrected chi connectivity index (χ0v) is 22.4. The Morgan fingerprint density at radius 1 is 1.13 bits per heavy atom. The Labute approximate surface area is 224 Å². The van der Waals surface area contributed by atoms with Crippen LogP contribution in [0.15, 0.2) is 35.2 Å². The lowest BCUT2D eigenvalue weighted by molar-refractivity contribution is -0.0115. The topological polar surface area (TPSA) is 104 Å². The average Bonchev–Trinajstić information content (AvgIpc) is 2.94. The van der Waals surface area contributed by atoms with Gasteiger partial charge in [-0.15, -0.1) is 0 Å². The monoisotopic (exact) mass is 569 g/mol. The van der Waals surface area contributed by atoms with Gasteiger partial charge in [-0.05, 0) is 57.2 Å². The predicted molar refractivity (Wildman–Crippen MR) is 136 cm³/mol. The summed E-state index contributed by atoms with van der Waals surface area (Å²) in [6, 6.07) is 4.78. The Kier molecular flexibility index (Phi) is 7.38. The van der Waals surface area contributed by atoms with Crippen molar-refractivity contribution in [1.82, 2.24) is 0 Å². The van der Waals surface area contributed by atoms with Crippen LogP contribution in [-0.4, -0.2) is 41.0 Å². The van der Waals surface area contributed by atoms with Crippen molar-refractivity contribution in [2.75, 3.05) is 5.32 Å². The number of nitrogens with one attached hydrogen (secondary N) is 1. The van der Waals surface area contributed by atoms with Crippen LogP contribution >= 0.6 is 11.6 Å². The van der Waals surface area contributed by atoms with Crippen LogP contribution < -0.4 is 5.32 Å². The van der Waals surface area contributed by atoms with Crippen LogP contribution in [-0.2, 0) is 9.84 Å². The molecule has 3 N–H and O–H groups in total. The minimum atomic E-state index is -4.07. The summed E-state index contributed by atoms with van der Waals surface area (Å²) in [6.45, 7) is 4.92. The van der Waals surface area contributed by atoms with Gasteiger partial charge in [-0.3, -0.25) is 4.79 Å². The quantitative estimate of drug-likeness (QED) is 0.365. The molecule has 6 nitrogen and oxygen atoms in total. The van der Waals surface area contributed by atoms with Crippen LogP contribution in [0.25, 0.3) is 0 Å². The zero-order chi connectivity index (χ0) is 28.2. The maximum absolute atomic E-state index is 13.7. The summed E-state index contributed by atoms with van der Waals surface area (Å²) in [4.78, 5) is 12.4. The minimum Gasteiger partial charge on any atom is -0.378 e. The highest BCUT2D eigenvalue weighted by molar-refractivity contribution is 7.92. The molecule has 4 rings (SSSR count). The molecule has 2 aliphatic carbocycles. The number of fused-ring (bicyclic) bond motifs is 2. The molecule has 2 bridgehead atoms. The highest BCUT2D eigenvalue weighted by atomic mass is 35.5. The molecule has 204 valence electrons. The first-order chi connectivity index (χ1) is 17.5. The molecule has 0 saturated heterocycles. The van der Waals surface area contributed by atoms with E-state index < -0.39 is 61.5 Å². The van der Waals surface area contributed by atoms with E-state index in [1.54, 1.807) is 0 Å². The number of carbonyl (C=O) groups excluding carboxylic acids is 1. The summed E-state index contributed by atoms with van der Waals surface area (Å²) < 4.78 is 67.7. The molecule has 0 aliphatic heterocycles. The highest BCUT2D eigenvalue weighted by Crippen LogP contribution is 2.54. The maximum Gasteiger partial charge on any atom is 0.255 e. The van der Waals surface area contributed by atoms with E-state index >= 15 is 0 Å². The molecule has 0 aromatic heterocycles. The zero-order valence-electron chi connectivity index (χ0n) is 20.9. The Balaban J connectivity index is 1.61. The maximum atomic E-state index is 13.7. The Bertz CT molecular complexity index is 1440. The van der Waals surface area contributed by atoms with Crippen molar-refractivity contribution >= 4 is 33.0 Å². The second-order valence-corrected chi connectivity index (χ2v) is 13.2. The van der Waals surface area contributed by atoms with Gasteiger partial charge < -0.3 is 15.5 Å². The SMILES string of the molecule is C[C@H]1CC2C[C@@H](S(=O)(=O)c3cc(C(=O)Nc4cc(F)c(F)c(F)c4)ccc3Cl)CC1[C@@]2(O)C#CC(C)(C)O.